The van der Waals surface area contributed by atoms with Crippen molar-refractivity contribution in [3.05, 3.63) is 93.2 Å². The lowest BCUT2D eigenvalue weighted by Crippen LogP contribution is -2.41. The Bertz CT molecular complexity index is 1060. The van der Waals surface area contributed by atoms with Crippen LogP contribution in [-0.2, 0) is 11.6 Å². The number of hydrogen-bond acceptors (Lipinski definition) is 2. The Morgan fingerprint density at radius 1 is 1.06 bits per heavy atom. The zero-order chi connectivity index (χ0) is 22.6. The van der Waals surface area contributed by atoms with Gasteiger partial charge in [-0.3, -0.25) is 4.98 Å². The highest BCUT2D eigenvalue weighted by atomic mass is 79.9. The minimum atomic E-state index is -4.43. The summed E-state index contributed by atoms with van der Waals surface area (Å²) in [5, 5.41) is 5.83. The predicted molar refractivity (Wildman–Crippen MR) is 118 cm³/mol. The molecule has 2 N–H and O–H groups in total. The number of urea groups is 1. The number of alkyl halides is 3. The SMILES string of the molecule is CC(CNC(=O)Nc1ccc(C(F)(F)F)cc1)(c1cccc(Br)c1)c1ccc(Cl)cn1. The van der Waals surface area contributed by atoms with Crippen molar-refractivity contribution < 1.29 is 18.0 Å². The lowest BCUT2D eigenvalue weighted by atomic mass is 9.79. The molecular weight excluding hydrogens is 495 g/mol. The van der Waals surface area contributed by atoms with Gasteiger partial charge in [-0.1, -0.05) is 39.7 Å². The Hall–Kier alpha value is -2.58. The van der Waals surface area contributed by atoms with Gasteiger partial charge in [0.05, 0.1) is 21.7 Å². The average molecular weight is 513 g/mol. The molecule has 0 bridgehead atoms. The van der Waals surface area contributed by atoms with Crippen molar-refractivity contribution >= 4 is 39.2 Å². The number of benzene rings is 2. The van der Waals surface area contributed by atoms with Gasteiger partial charge in [0.15, 0.2) is 0 Å². The molecule has 3 rings (SSSR count). The summed E-state index contributed by atoms with van der Waals surface area (Å²) in [5.41, 5.74) is 0.386. The maximum Gasteiger partial charge on any atom is 0.416 e. The van der Waals surface area contributed by atoms with Crippen LogP contribution in [0.3, 0.4) is 0 Å². The fourth-order valence-electron chi connectivity index (χ4n) is 3.05. The third-order valence-corrected chi connectivity index (χ3v) is 5.54. The van der Waals surface area contributed by atoms with Crippen molar-refractivity contribution in [1.29, 1.82) is 0 Å². The molecule has 0 saturated carbocycles. The number of rotatable bonds is 5. The van der Waals surface area contributed by atoms with Crippen LogP contribution in [0.5, 0.6) is 0 Å². The van der Waals surface area contributed by atoms with E-state index in [9.17, 15) is 18.0 Å². The second-order valence-electron chi connectivity index (χ2n) is 7.09. The Balaban J connectivity index is 1.77. The predicted octanol–water partition coefficient (Wildman–Crippen LogP) is 6.64. The van der Waals surface area contributed by atoms with Crippen molar-refractivity contribution in [2.24, 2.45) is 0 Å². The molecule has 0 aliphatic rings. The van der Waals surface area contributed by atoms with Gasteiger partial charge < -0.3 is 10.6 Å². The first-order valence-electron chi connectivity index (χ1n) is 9.18. The molecule has 2 amide bonds. The van der Waals surface area contributed by atoms with Crippen molar-refractivity contribution in [3.63, 3.8) is 0 Å². The van der Waals surface area contributed by atoms with Gasteiger partial charge in [0, 0.05) is 22.9 Å². The molecule has 1 atom stereocenters. The number of anilines is 1. The molecule has 0 saturated heterocycles. The Morgan fingerprint density at radius 3 is 2.35 bits per heavy atom. The van der Waals surface area contributed by atoms with Gasteiger partial charge in [-0.05, 0) is 61.0 Å². The van der Waals surface area contributed by atoms with Gasteiger partial charge in [0.2, 0.25) is 0 Å². The topological polar surface area (TPSA) is 54.0 Å². The summed E-state index contributed by atoms with van der Waals surface area (Å²) in [6, 6.07) is 14.9. The molecule has 9 heteroatoms. The third kappa shape index (κ3) is 5.77. The number of nitrogens with one attached hydrogen (secondary N) is 2. The van der Waals surface area contributed by atoms with Crippen LogP contribution in [0.2, 0.25) is 5.02 Å². The second-order valence-corrected chi connectivity index (χ2v) is 8.44. The summed E-state index contributed by atoms with van der Waals surface area (Å²) in [6.07, 6.45) is -2.90. The van der Waals surface area contributed by atoms with Crippen LogP contribution in [0.25, 0.3) is 0 Å². The van der Waals surface area contributed by atoms with Crippen LogP contribution < -0.4 is 10.6 Å². The number of halogens is 5. The van der Waals surface area contributed by atoms with Crippen molar-refractivity contribution in [3.8, 4) is 0 Å². The minimum absolute atomic E-state index is 0.185. The Kier molecular flexibility index (Phi) is 6.91. The quantitative estimate of drug-likeness (QED) is 0.402. The van der Waals surface area contributed by atoms with Crippen molar-refractivity contribution in [2.75, 3.05) is 11.9 Å². The van der Waals surface area contributed by atoms with Crippen LogP contribution >= 0.6 is 27.5 Å². The van der Waals surface area contributed by atoms with Crippen molar-refractivity contribution in [2.45, 2.75) is 18.5 Å². The minimum Gasteiger partial charge on any atom is -0.337 e. The zero-order valence-electron chi connectivity index (χ0n) is 16.3. The number of amides is 2. The number of nitrogens with zero attached hydrogens (tertiary/aromatic N) is 1. The highest BCUT2D eigenvalue weighted by molar-refractivity contribution is 9.10. The molecular formula is C22H18BrClF3N3O. The van der Waals surface area contributed by atoms with Gasteiger partial charge in [0.1, 0.15) is 0 Å². The van der Waals surface area contributed by atoms with E-state index in [1.807, 2.05) is 31.2 Å². The lowest BCUT2D eigenvalue weighted by molar-refractivity contribution is -0.137. The van der Waals surface area contributed by atoms with E-state index in [2.05, 4.69) is 31.5 Å². The van der Waals surface area contributed by atoms with Gasteiger partial charge in [0.25, 0.3) is 0 Å². The summed E-state index contributed by atoms with van der Waals surface area (Å²) in [6.45, 7) is 2.12. The van der Waals surface area contributed by atoms with Gasteiger partial charge >= 0.3 is 12.2 Å². The van der Waals surface area contributed by atoms with Crippen LogP contribution in [0, 0.1) is 0 Å². The van der Waals surface area contributed by atoms with Crippen LogP contribution in [0.4, 0.5) is 23.7 Å². The molecule has 0 radical (unpaired) electrons. The van der Waals surface area contributed by atoms with E-state index in [0.717, 1.165) is 22.2 Å². The molecule has 0 fully saturated rings. The zero-order valence-corrected chi connectivity index (χ0v) is 18.6. The summed E-state index contributed by atoms with van der Waals surface area (Å²) < 4.78 is 39.0. The number of aromatic nitrogens is 1. The summed E-state index contributed by atoms with van der Waals surface area (Å²) in [7, 11) is 0. The monoisotopic (exact) mass is 511 g/mol. The van der Waals surface area contributed by atoms with Crippen LogP contribution in [0.15, 0.2) is 71.3 Å². The molecule has 1 aromatic heterocycles. The number of carbonyl (C=O) groups is 1. The largest absolute Gasteiger partial charge is 0.416 e. The maximum atomic E-state index is 12.7. The molecule has 1 unspecified atom stereocenters. The molecule has 31 heavy (non-hydrogen) atoms. The standard InChI is InChI=1S/C22H18BrClF3N3O/c1-21(15-3-2-4-16(23)11-15,19-10-7-17(24)12-28-19)13-29-20(31)30-18-8-5-14(6-9-18)22(25,26)27/h2-12H,13H2,1H3,(H2,29,30,31). The first-order chi connectivity index (χ1) is 14.6. The molecule has 4 nitrogen and oxygen atoms in total. The van der Waals surface area contributed by atoms with E-state index in [0.29, 0.717) is 10.7 Å². The lowest BCUT2D eigenvalue weighted by Gasteiger charge is -2.30. The fraction of sp³-hybridized carbons (Fsp3) is 0.182. The number of hydrogen-bond donors (Lipinski definition) is 2. The fourth-order valence-corrected chi connectivity index (χ4v) is 3.56. The second kappa shape index (κ2) is 9.28. The van der Waals surface area contributed by atoms with Gasteiger partial charge in [-0.2, -0.15) is 13.2 Å². The van der Waals surface area contributed by atoms with Gasteiger partial charge in [-0.25, -0.2) is 4.79 Å². The van der Waals surface area contributed by atoms with Crippen LogP contribution in [0.1, 0.15) is 23.7 Å². The molecule has 3 aromatic rings. The van der Waals surface area contributed by atoms with Gasteiger partial charge in [-0.15, -0.1) is 0 Å². The molecule has 0 aliphatic carbocycles. The van der Waals surface area contributed by atoms with E-state index in [1.165, 1.54) is 18.3 Å². The first kappa shape index (κ1) is 23.1. The smallest absolute Gasteiger partial charge is 0.337 e. The summed E-state index contributed by atoms with van der Waals surface area (Å²) in [5.74, 6) is 0. The molecule has 1 heterocycles. The van der Waals surface area contributed by atoms with E-state index < -0.39 is 23.2 Å². The molecule has 162 valence electrons. The van der Waals surface area contributed by atoms with E-state index in [1.54, 1.807) is 12.1 Å². The molecule has 0 spiro atoms. The Morgan fingerprint density at radius 2 is 1.77 bits per heavy atom. The summed E-state index contributed by atoms with van der Waals surface area (Å²) >= 11 is 9.43. The molecule has 2 aromatic carbocycles. The van der Waals surface area contributed by atoms with Crippen molar-refractivity contribution in [1.82, 2.24) is 10.3 Å². The highest BCUT2D eigenvalue weighted by Gasteiger charge is 2.32. The van der Waals surface area contributed by atoms with Crippen LogP contribution in [-0.4, -0.2) is 17.6 Å². The maximum absolute atomic E-state index is 12.7. The Labute approximate surface area is 191 Å². The van der Waals surface area contributed by atoms with E-state index >= 15 is 0 Å². The van der Waals surface area contributed by atoms with E-state index in [-0.39, 0.29) is 12.2 Å². The normalized spacial score (nSPS) is 13.4. The number of carbonyl (C=O) groups excluding carboxylic acids is 1. The summed E-state index contributed by atoms with van der Waals surface area (Å²) in [4.78, 5) is 16.9. The van der Waals surface area contributed by atoms with E-state index in [4.69, 9.17) is 11.6 Å². The number of pyridine rings is 1. The average Bonchev–Trinajstić information content (AvgIpc) is 2.72. The highest BCUT2D eigenvalue weighted by Crippen LogP contribution is 2.32. The molecule has 0 aliphatic heterocycles. The first-order valence-corrected chi connectivity index (χ1v) is 10.4. The third-order valence-electron chi connectivity index (χ3n) is 4.83.